The van der Waals surface area contributed by atoms with E-state index in [2.05, 4.69) is 25.8 Å². The second-order valence-corrected chi connectivity index (χ2v) is 10.4. The zero-order chi connectivity index (χ0) is 26.9. The molecule has 0 radical (unpaired) electrons. The first-order valence-electron chi connectivity index (χ1n) is 11.9. The molecule has 2 N–H and O–H groups in total. The molecule has 192 valence electrons. The van der Waals surface area contributed by atoms with E-state index < -0.39 is 12.1 Å². The van der Waals surface area contributed by atoms with E-state index in [0.717, 1.165) is 37.8 Å². The van der Waals surface area contributed by atoms with Crippen molar-refractivity contribution in [1.82, 2.24) is 9.88 Å². The number of hydrogen-bond donors (Lipinski definition) is 2. The first kappa shape index (κ1) is 26.8. The summed E-state index contributed by atoms with van der Waals surface area (Å²) in [5.74, 6) is -0.730. The number of carboxylic acids is 1. The highest BCUT2D eigenvalue weighted by Crippen LogP contribution is 2.30. The number of rotatable bonds is 8. The maximum absolute atomic E-state index is 13.1. The van der Waals surface area contributed by atoms with E-state index in [1.54, 1.807) is 18.2 Å². The molecule has 0 aliphatic rings. The Bertz CT molecular complexity index is 1480. The first-order chi connectivity index (χ1) is 17.5. The van der Waals surface area contributed by atoms with Crippen molar-refractivity contribution in [2.24, 2.45) is 0 Å². The van der Waals surface area contributed by atoms with Gasteiger partial charge in [0.2, 0.25) is 0 Å². The summed E-state index contributed by atoms with van der Waals surface area (Å²) in [4.78, 5) is 24.2. The molecule has 0 saturated carbocycles. The summed E-state index contributed by atoms with van der Waals surface area (Å²) in [6.07, 6.45) is -0.971. The van der Waals surface area contributed by atoms with Crippen molar-refractivity contribution in [3.05, 3.63) is 98.1 Å². The van der Waals surface area contributed by atoms with E-state index in [4.69, 9.17) is 21.4 Å². The molecule has 0 bridgehead atoms. The maximum Gasteiger partial charge on any atom is 0.344 e. The van der Waals surface area contributed by atoms with Gasteiger partial charge in [-0.25, -0.2) is 4.79 Å². The molecule has 0 aliphatic carbocycles. The van der Waals surface area contributed by atoms with Crippen LogP contribution in [0, 0.1) is 13.8 Å². The summed E-state index contributed by atoms with van der Waals surface area (Å²) < 4.78 is 8.66. The number of ether oxygens (including phenoxy) is 1. The van der Waals surface area contributed by atoms with Crippen LogP contribution < -0.4 is 10.1 Å². The number of amides is 1. The Morgan fingerprint density at radius 1 is 1.05 bits per heavy atom. The second kappa shape index (κ2) is 11.0. The van der Waals surface area contributed by atoms with Gasteiger partial charge >= 0.3 is 5.97 Å². The lowest BCUT2D eigenvalue weighted by Crippen LogP contribution is -2.26. The minimum Gasteiger partial charge on any atom is -0.479 e. The first-order valence-corrected chi connectivity index (χ1v) is 13.1. The third-order valence-corrected chi connectivity index (χ3v) is 7.52. The molecule has 1 amide bonds. The van der Waals surface area contributed by atoms with Crippen molar-refractivity contribution in [3.8, 4) is 5.75 Å². The molecule has 4 rings (SSSR count). The number of nitrogens with one attached hydrogen (secondary N) is 1. The Morgan fingerprint density at radius 3 is 2.43 bits per heavy atom. The average Bonchev–Trinajstić information content (AvgIpc) is 3.10. The number of hydrogen-bond acceptors (Lipinski definition) is 3. The zero-order valence-electron chi connectivity index (χ0n) is 21.0. The van der Waals surface area contributed by atoms with E-state index in [1.807, 2.05) is 63.2 Å². The number of aliphatic carboxylic acids is 1. The summed E-state index contributed by atoms with van der Waals surface area (Å²) in [6, 6.07) is 18.6. The monoisotopic (exact) mass is 582 g/mol. The predicted octanol–water partition coefficient (Wildman–Crippen LogP) is 7.07. The molecule has 0 fully saturated rings. The number of fused-ring (bicyclic) bond motifs is 1. The van der Waals surface area contributed by atoms with Gasteiger partial charge in [-0.2, -0.15) is 0 Å². The zero-order valence-corrected chi connectivity index (χ0v) is 23.4. The molecular weight excluding hydrogens is 556 g/mol. The Morgan fingerprint density at radius 2 is 1.76 bits per heavy atom. The van der Waals surface area contributed by atoms with Crippen LogP contribution in [0.3, 0.4) is 0 Å². The third kappa shape index (κ3) is 5.84. The van der Waals surface area contributed by atoms with Crippen LogP contribution in [0.4, 0.5) is 0 Å². The number of halogens is 2. The van der Waals surface area contributed by atoms with E-state index in [9.17, 15) is 9.59 Å². The minimum atomic E-state index is -1.04. The van der Waals surface area contributed by atoms with Crippen molar-refractivity contribution in [1.29, 1.82) is 0 Å². The van der Waals surface area contributed by atoms with Crippen LogP contribution >= 0.6 is 27.5 Å². The van der Waals surface area contributed by atoms with Crippen molar-refractivity contribution in [3.63, 3.8) is 0 Å². The van der Waals surface area contributed by atoms with E-state index in [1.165, 1.54) is 6.92 Å². The van der Waals surface area contributed by atoms with Gasteiger partial charge in [0.15, 0.2) is 6.10 Å². The van der Waals surface area contributed by atoms with Gasteiger partial charge in [-0.05, 0) is 92.9 Å². The highest BCUT2D eigenvalue weighted by atomic mass is 79.9. The number of aryl methyl sites for hydroxylation is 1. The van der Waals surface area contributed by atoms with E-state index in [-0.39, 0.29) is 11.9 Å². The van der Waals surface area contributed by atoms with Crippen LogP contribution in [-0.2, 0) is 11.3 Å². The molecule has 0 aliphatic heterocycles. The molecule has 0 saturated heterocycles. The molecule has 1 aromatic heterocycles. The largest absolute Gasteiger partial charge is 0.479 e. The van der Waals surface area contributed by atoms with Gasteiger partial charge in [0, 0.05) is 38.2 Å². The maximum atomic E-state index is 13.1. The lowest BCUT2D eigenvalue weighted by molar-refractivity contribution is -0.144. The number of benzene rings is 3. The van der Waals surface area contributed by atoms with E-state index in [0.29, 0.717) is 22.9 Å². The highest BCUT2D eigenvalue weighted by molar-refractivity contribution is 9.10. The number of aromatic nitrogens is 1. The topological polar surface area (TPSA) is 80.6 Å². The Labute approximate surface area is 229 Å². The minimum absolute atomic E-state index is 0.135. The fraction of sp³-hybridized carbons (Fsp3) is 0.241. The van der Waals surface area contributed by atoms with Crippen LogP contribution in [0.15, 0.2) is 65.1 Å². The third-order valence-electron chi connectivity index (χ3n) is 6.62. The Kier molecular flexibility index (Phi) is 7.95. The van der Waals surface area contributed by atoms with Gasteiger partial charge in [0.05, 0.1) is 6.04 Å². The Hall–Kier alpha value is -3.29. The normalized spacial score (nSPS) is 12.8. The van der Waals surface area contributed by atoms with Crippen molar-refractivity contribution in [2.75, 3.05) is 0 Å². The second-order valence-electron chi connectivity index (χ2n) is 9.13. The van der Waals surface area contributed by atoms with Crippen LogP contribution in [0.5, 0.6) is 5.75 Å². The lowest BCUT2D eigenvalue weighted by atomic mass is 10.1. The average molecular weight is 584 g/mol. The lowest BCUT2D eigenvalue weighted by Gasteiger charge is -2.15. The van der Waals surface area contributed by atoms with Crippen LogP contribution in [-0.4, -0.2) is 27.7 Å². The summed E-state index contributed by atoms with van der Waals surface area (Å²) in [6.45, 7) is 7.99. The van der Waals surface area contributed by atoms with Crippen LogP contribution in [0.25, 0.3) is 10.9 Å². The van der Waals surface area contributed by atoms with Crippen molar-refractivity contribution in [2.45, 2.75) is 46.4 Å². The number of carboxylic acid groups (broad SMARTS) is 1. The summed E-state index contributed by atoms with van der Waals surface area (Å²) in [5.41, 5.74) is 5.53. The number of carbonyl (C=O) groups is 2. The van der Waals surface area contributed by atoms with Gasteiger partial charge in [0.1, 0.15) is 5.75 Å². The molecule has 37 heavy (non-hydrogen) atoms. The molecule has 6 nitrogen and oxygen atoms in total. The Balaban J connectivity index is 1.60. The molecule has 3 aromatic carbocycles. The van der Waals surface area contributed by atoms with Crippen molar-refractivity contribution < 1.29 is 19.4 Å². The molecule has 1 heterocycles. The molecular formula is C29H28BrClN2O4. The van der Waals surface area contributed by atoms with Gasteiger partial charge in [-0.15, -0.1) is 0 Å². The van der Waals surface area contributed by atoms with Crippen molar-refractivity contribution >= 4 is 50.3 Å². The fourth-order valence-electron chi connectivity index (χ4n) is 4.28. The summed E-state index contributed by atoms with van der Waals surface area (Å²) in [5, 5.41) is 13.8. The quantitative estimate of drug-likeness (QED) is 0.233. The number of nitrogens with zero attached hydrogens (tertiary/aromatic N) is 1. The number of carbonyl (C=O) groups excluding carboxylic acids is 1. The summed E-state index contributed by atoms with van der Waals surface area (Å²) in [7, 11) is 0. The molecule has 8 heteroatoms. The predicted molar refractivity (Wildman–Crippen MR) is 150 cm³/mol. The van der Waals surface area contributed by atoms with Gasteiger partial charge in [-0.1, -0.05) is 39.7 Å². The summed E-state index contributed by atoms with van der Waals surface area (Å²) >= 11 is 9.93. The molecule has 0 spiro atoms. The highest BCUT2D eigenvalue weighted by Gasteiger charge is 2.18. The molecule has 4 aromatic rings. The standard InChI is InChI=1S/C29H28BrClN2O4/c1-16-18(3)33(15-22-13-24(10-11-26(22)31)37-19(4)29(35)36)27-12-7-21(14-25(16)27)28(34)32-17(2)20-5-8-23(30)9-6-20/h5-14,17,19H,15H2,1-4H3,(H,32,34)(H,35,36). The SMILES string of the molecule is Cc1c(C)n(Cc2cc(OC(C)C(=O)O)ccc2Cl)c2ccc(C(=O)NC(C)c3ccc(Br)cc3)cc12. The van der Waals surface area contributed by atoms with Crippen LogP contribution in [0.1, 0.15) is 52.6 Å². The smallest absolute Gasteiger partial charge is 0.344 e. The molecule has 2 atom stereocenters. The van der Waals surface area contributed by atoms with E-state index >= 15 is 0 Å². The fourth-order valence-corrected chi connectivity index (χ4v) is 4.72. The van der Waals surface area contributed by atoms with Gasteiger partial charge < -0.3 is 19.7 Å². The van der Waals surface area contributed by atoms with Crippen LogP contribution in [0.2, 0.25) is 5.02 Å². The van der Waals surface area contributed by atoms with Gasteiger partial charge in [-0.3, -0.25) is 4.79 Å². The molecule has 2 unspecified atom stereocenters. The van der Waals surface area contributed by atoms with Gasteiger partial charge in [0.25, 0.3) is 5.91 Å².